The molecule has 16 heavy (non-hydrogen) atoms. The minimum absolute atomic E-state index is 1.01. The third-order valence-electron chi connectivity index (χ3n) is 2.91. The van der Waals surface area contributed by atoms with E-state index in [0.29, 0.717) is 0 Å². The fraction of sp³-hybridized carbons (Fsp3) is 0.333. The van der Waals surface area contributed by atoms with E-state index >= 15 is 0 Å². The van der Waals surface area contributed by atoms with Crippen molar-refractivity contribution in [2.24, 2.45) is 0 Å². The standard InChI is InChI=1S/C12H14N4/c1-2-3-4-16-8-15-11-5-9-10(6-12(11)16)14-7-13-9/h5-8H,2-4H2,1H3,(H,13,14). The van der Waals surface area contributed by atoms with Crippen LogP contribution in [0.4, 0.5) is 0 Å². The predicted molar refractivity (Wildman–Crippen MR) is 64.3 cm³/mol. The molecule has 0 aliphatic rings. The third-order valence-corrected chi connectivity index (χ3v) is 2.91. The fourth-order valence-corrected chi connectivity index (χ4v) is 1.99. The van der Waals surface area contributed by atoms with Gasteiger partial charge in [0.1, 0.15) is 0 Å². The van der Waals surface area contributed by atoms with Gasteiger partial charge in [-0.1, -0.05) is 13.3 Å². The van der Waals surface area contributed by atoms with Crippen LogP contribution in [0.2, 0.25) is 0 Å². The molecule has 0 aliphatic carbocycles. The molecule has 1 aromatic carbocycles. The first-order valence-corrected chi connectivity index (χ1v) is 5.66. The summed E-state index contributed by atoms with van der Waals surface area (Å²) in [5.74, 6) is 0. The van der Waals surface area contributed by atoms with Crippen molar-refractivity contribution >= 4 is 22.1 Å². The maximum absolute atomic E-state index is 4.42. The van der Waals surface area contributed by atoms with Gasteiger partial charge in [0.25, 0.3) is 0 Å². The van der Waals surface area contributed by atoms with Gasteiger partial charge in [0.2, 0.25) is 0 Å². The predicted octanol–water partition coefficient (Wildman–Crippen LogP) is 2.71. The molecule has 4 nitrogen and oxygen atoms in total. The van der Waals surface area contributed by atoms with Gasteiger partial charge in [-0.3, -0.25) is 0 Å². The normalized spacial score (nSPS) is 11.6. The van der Waals surface area contributed by atoms with Crippen LogP contribution in [0.25, 0.3) is 22.1 Å². The van der Waals surface area contributed by atoms with Crippen molar-refractivity contribution in [3.63, 3.8) is 0 Å². The lowest BCUT2D eigenvalue weighted by molar-refractivity contribution is 0.646. The number of nitrogens with one attached hydrogen (secondary N) is 1. The van der Waals surface area contributed by atoms with E-state index in [9.17, 15) is 0 Å². The number of benzene rings is 1. The number of aromatic nitrogens is 4. The third kappa shape index (κ3) is 1.38. The molecule has 0 bridgehead atoms. The van der Waals surface area contributed by atoms with Gasteiger partial charge in [0.05, 0.1) is 34.7 Å². The number of hydrogen-bond acceptors (Lipinski definition) is 2. The Hall–Kier alpha value is -1.84. The second-order valence-electron chi connectivity index (χ2n) is 4.05. The minimum Gasteiger partial charge on any atom is -0.345 e. The van der Waals surface area contributed by atoms with Gasteiger partial charge >= 0.3 is 0 Å². The number of aryl methyl sites for hydroxylation is 1. The number of H-pyrrole nitrogens is 1. The number of fused-ring (bicyclic) bond motifs is 2. The Morgan fingerprint density at radius 1 is 1.25 bits per heavy atom. The fourth-order valence-electron chi connectivity index (χ4n) is 1.99. The molecule has 0 spiro atoms. The second kappa shape index (κ2) is 3.63. The van der Waals surface area contributed by atoms with Crippen molar-refractivity contribution < 1.29 is 0 Å². The van der Waals surface area contributed by atoms with Crippen molar-refractivity contribution in [2.75, 3.05) is 0 Å². The maximum Gasteiger partial charge on any atom is 0.0958 e. The lowest BCUT2D eigenvalue weighted by atomic mass is 10.2. The number of imidazole rings is 2. The molecule has 3 rings (SSSR count). The van der Waals surface area contributed by atoms with E-state index < -0.39 is 0 Å². The molecular formula is C12H14N4. The van der Waals surface area contributed by atoms with Crippen LogP contribution in [0.1, 0.15) is 19.8 Å². The number of nitrogens with zero attached hydrogens (tertiary/aromatic N) is 3. The molecule has 0 amide bonds. The monoisotopic (exact) mass is 214 g/mol. The van der Waals surface area contributed by atoms with Gasteiger partial charge in [-0.05, 0) is 18.6 Å². The summed E-state index contributed by atoms with van der Waals surface area (Å²) in [7, 11) is 0. The Morgan fingerprint density at radius 2 is 2.19 bits per heavy atom. The van der Waals surface area contributed by atoms with Crippen LogP contribution in [0.15, 0.2) is 24.8 Å². The topological polar surface area (TPSA) is 46.5 Å². The quantitative estimate of drug-likeness (QED) is 0.728. The molecule has 4 heteroatoms. The number of unbranched alkanes of at least 4 members (excludes halogenated alkanes) is 1. The van der Waals surface area contributed by atoms with E-state index in [1.807, 2.05) is 6.33 Å². The van der Waals surface area contributed by atoms with Crippen LogP contribution < -0.4 is 0 Å². The summed E-state index contributed by atoms with van der Waals surface area (Å²) in [6.45, 7) is 3.23. The SMILES string of the molecule is CCCCn1cnc2cc3[nH]cnc3cc21. The van der Waals surface area contributed by atoms with Crippen molar-refractivity contribution in [2.45, 2.75) is 26.3 Å². The molecule has 1 N–H and O–H groups in total. The van der Waals surface area contributed by atoms with Gasteiger partial charge in [-0.15, -0.1) is 0 Å². The highest BCUT2D eigenvalue weighted by molar-refractivity contribution is 5.91. The summed E-state index contributed by atoms with van der Waals surface area (Å²) >= 11 is 0. The van der Waals surface area contributed by atoms with Crippen LogP contribution in [0, 0.1) is 0 Å². The molecule has 0 fully saturated rings. The zero-order valence-corrected chi connectivity index (χ0v) is 9.27. The summed E-state index contributed by atoms with van der Waals surface area (Å²) in [5.41, 5.74) is 4.26. The highest BCUT2D eigenvalue weighted by atomic mass is 15.0. The van der Waals surface area contributed by atoms with Gasteiger partial charge in [0.15, 0.2) is 0 Å². The van der Waals surface area contributed by atoms with Crippen molar-refractivity contribution in [3.05, 3.63) is 24.8 Å². The lowest BCUT2D eigenvalue weighted by Crippen LogP contribution is -1.94. The Balaban J connectivity index is 2.15. The highest BCUT2D eigenvalue weighted by Crippen LogP contribution is 2.19. The van der Waals surface area contributed by atoms with Crippen molar-refractivity contribution in [3.8, 4) is 0 Å². The number of aromatic amines is 1. The first kappa shape index (κ1) is 9.39. The smallest absolute Gasteiger partial charge is 0.0958 e. The van der Waals surface area contributed by atoms with Crippen LogP contribution in [0.3, 0.4) is 0 Å². The summed E-state index contributed by atoms with van der Waals surface area (Å²) in [6, 6.07) is 4.16. The number of hydrogen-bond donors (Lipinski definition) is 1. The molecular weight excluding hydrogens is 200 g/mol. The Labute approximate surface area is 93.3 Å². The van der Waals surface area contributed by atoms with Crippen LogP contribution in [0.5, 0.6) is 0 Å². The largest absolute Gasteiger partial charge is 0.345 e. The van der Waals surface area contributed by atoms with Crippen molar-refractivity contribution in [1.82, 2.24) is 19.5 Å². The Bertz CT molecular complexity index is 620. The van der Waals surface area contributed by atoms with Crippen LogP contribution in [-0.2, 0) is 6.54 Å². The van der Waals surface area contributed by atoms with Gasteiger partial charge in [0, 0.05) is 6.54 Å². The maximum atomic E-state index is 4.42. The minimum atomic E-state index is 1.01. The van der Waals surface area contributed by atoms with E-state index in [1.165, 1.54) is 18.4 Å². The van der Waals surface area contributed by atoms with Gasteiger partial charge in [-0.2, -0.15) is 0 Å². The number of rotatable bonds is 3. The van der Waals surface area contributed by atoms with E-state index in [-0.39, 0.29) is 0 Å². The average molecular weight is 214 g/mol. The van der Waals surface area contributed by atoms with E-state index in [2.05, 4.69) is 38.6 Å². The molecule has 82 valence electrons. The van der Waals surface area contributed by atoms with E-state index in [0.717, 1.165) is 23.1 Å². The summed E-state index contributed by atoms with van der Waals surface area (Å²) in [5, 5.41) is 0. The molecule has 0 saturated heterocycles. The molecule has 0 radical (unpaired) electrons. The molecule has 2 aromatic heterocycles. The first-order valence-electron chi connectivity index (χ1n) is 5.66. The summed E-state index contributed by atoms with van der Waals surface area (Å²) in [4.78, 5) is 11.8. The van der Waals surface area contributed by atoms with E-state index in [4.69, 9.17) is 0 Å². The Kier molecular flexibility index (Phi) is 2.13. The van der Waals surface area contributed by atoms with Crippen LogP contribution >= 0.6 is 0 Å². The van der Waals surface area contributed by atoms with Crippen LogP contribution in [-0.4, -0.2) is 19.5 Å². The molecule has 2 heterocycles. The molecule has 3 aromatic rings. The van der Waals surface area contributed by atoms with Gasteiger partial charge in [-0.25, -0.2) is 9.97 Å². The first-order chi connectivity index (χ1) is 7.88. The summed E-state index contributed by atoms with van der Waals surface area (Å²) in [6.07, 6.45) is 6.02. The second-order valence-corrected chi connectivity index (χ2v) is 4.05. The van der Waals surface area contributed by atoms with Crippen molar-refractivity contribution in [1.29, 1.82) is 0 Å². The molecule has 0 unspecified atom stereocenters. The molecule has 0 saturated carbocycles. The zero-order valence-electron chi connectivity index (χ0n) is 9.27. The lowest BCUT2D eigenvalue weighted by Gasteiger charge is -2.01. The van der Waals surface area contributed by atoms with Gasteiger partial charge < -0.3 is 9.55 Å². The average Bonchev–Trinajstić information content (AvgIpc) is 2.89. The molecule has 0 atom stereocenters. The summed E-state index contributed by atoms with van der Waals surface area (Å²) < 4.78 is 2.20. The van der Waals surface area contributed by atoms with E-state index in [1.54, 1.807) is 6.33 Å². The zero-order chi connectivity index (χ0) is 11.0. The Morgan fingerprint density at radius 3 is 3.06 bits per heavy atom. The molecule has 0 aliphatic heterocycles. The highest BCUT2D eigenvalue weighted by Gasteiger charge is 2.05.